The van der Waals surface area contributed by atoms with Gasteiger partial charge in [0.2, 0.25) is 10.0 Å². The number of rotatable bonds is 9. The Morgan fingerprint density at radius 3 is 2.48 bits per heavy atom. The van der Waals surface area contributed by atoms with Crippen molar-refractivity contribution in [1.82, 2.24) is 9.62 Å². The maximum absolute atomic E-state index is 12.5. The lowest BCUT2D eigenvalue weighted by Gasteiger charge is -2.31. The molecule has 0 aliphatic carbocycles. The molecule has 9 heteroatoms. The molecule has 0 saturated carbocycles. The Balaban J connectivity index is 1.70. The molecule has 0 radical (unpaired) electrons. The van der Waals surface area contributed by atoms with Crippen LogP contribution in [0.4, 0.5) is 0 Å². The fraction of sp³-hybridized carbons (Fsp3) is 0.556. The van der Waals surface area contributed by atoms with Crippen LogP contribution < -0.4 is 10.2 Å². The van der Waals surface area contributed by atoms with Crippen molar-refractivity contribution in [2.75, 3.05) is 46.4 Å². The Kier molecular flexibility index (Phi) is 8.21. The van der Waals surface area contributed by atoms with Gasteiger partial charge in [0.05, 0.1) is 39.0 Å². The van der Waals surface area contributed by atoms with E-state index in [1.165, 1.54) is 11.4 Å². The highest BCUT2D eigenvalue weighted by Gasteiger charge is 2.29. The van der Waals surface area contributed by atoms with Gasteiger partial charge in [0.1, 0.15) is 0 Å². The van der Waals surface area contributed by atoms with Gasteiger partial charge in [-0.05, 0) is 12.0 Å². The van der Waals surface area contributed by atoms with Crippen LogP contribution in [0.5, 0.6) is 0 Å². The molecule has 0 spiro atoms. The van der Waals surface area contributed by atoms with Crippen molar-refractivity contribution in [3.8, 4) is 0 Å². The molecule has 0 bridgehead atoms. The van der Waals surface area contributed by atoms with Gasteiger partial charge < -0.3 is 15.0 Å². The van der Waals surface area contributed by atoms with Crippen molar-refractivity contribution in [3.63, 3.8) is 0 Å². The monoisotopic (exact) mass is 398 g/mol. The predicted octanol–water partition coefficient (Wildman–Crippen LogP) is -1.21. The summed E-state index contributed by atoms with van der Waals surface area (Å²) in [5, 5.41) is 2.78. The second kappa shape index (κ2) is 10.4. The van der Waals surface area contributed by atoms with Gasteiger partial charge >= 0.3 is 5.97 Å². The average Bonchev–Trinajstić information content (AvgIpc) is 2.66. The largest absolute Gasteiger partial charge is 0.469 e. The van der Waals surface area contributed by atoms with E-state index >= 15 is 0 Å². The van der Waals surface area contributed by atoms with E-state index < -0.39 is 10.0 Å². The van der Waals surface area contributed by atoms with Gasteiger partial charge in [-0.3, -0.25) is 9.59 Å². The fourth-order valence-corrected chi connectivity index (χ4v) is 4.52. The number of ether oxygens (including phenoxy) is 1. The summed E-state index contributed by atoms with van der Waals surface area (Å²) in [4.78, 5) is 24.0. The van der Waals surface area contributed by atoms with Crippen LogP contribution in [0.25, 0.3) is 0 Å². The second-order valence-corrected chi connectivity index (χ2v) is 8.57. The van der Waals surface area contributed by atoms with Crippen molar-refractivity contribution >= 4 is 21.9 Å². The summed E-state index contributed by atoms with van der Waals surface area (Å²) in [6.07, 6.45) is 0.820. The summed E-state index contributed by atoms with van der Waals surface area (Å²) in [7, 11) is -2.00. The van der Waals surface area contributed by atoms with Crippen molar-refractivity contribution in [3.05, 3.63) is 35.9 Å². The van der Waals surface area contributed by atoms with Gasteiger partial charge in [0.15, 0.2) is 6.54 Å². The lowest BCUT2D eigenvalue weighted by molar-refractivity contribution is -0.895. The smallest absolute Gasteiger partial charge is 0.305 e. The molecule has 1 aromatic carbocycles. The zero-order valence-corrected chi connectivity index (χ0v) is 16.5. The molecule has 0 atom stereocenters. The molecule has 1 aliphatic rings. The van der Waals surface area contributed by atoms with Crippen LogP contribution in [0.1, 0.15) is 18.4 Å². The van der Waals surface area contributed by atoms with E-state index in [0.29, 0.717) is 45.7 Å². The summed E-state index contributed by atoms with van der Waals surface area (Å²) in [6, 6.07) is 9.14. The molecular formula is C18H28N3O5S+. The first kappa shape index (κ1) is 21.3. The minimum atomic E-state index is -3.34. The van der Waals surface area contributed by atoms with Crippen molar-refractivity contribution in [1.29, 1.82) is 0 Å². The van der Waals surface area contributed by atoms with Crippen molar-refractivity contribution < 1.29 is 27.6 Å². The van der Waals surface area contributed by atoms with Crippen LogP contribution >= 0.6 is 0 Å². The molecule has 1 fully saturated rings. The third-order valence-corrected chi connectivity index (χ3v) is 6.38. The van der Waals surface area contributed by atoms with E-state index in [-0.39, 0.29) is 24.1 Å². The number of nitrogens with one attached hydrogen (secondary N) is 2. The maximum atomic E-state index is 12.5. The number of carbonyl (C=O) groups excluding carboxylic acids is 2. The summed E-state index contributed by atoms with van der Waals surface area (Å²) in [5.74, 6) is -0.373. The number of sulfonamides is 1. The molecule has 0 unspecified atom stereocenters. The van der Waals surface area contributed by atoms with Crippen LogP contribution in [0.2, 0.25) is 0 Å². The molecule has 2 N–H and O–H groups in total. The van der Waals surface area contributed by atoms with Gasteiger partial charge in [-0.25, -0.2) is 8.42 Å². The first-order chi connectivity index (χ1) is 12.9. The lowest BCUT2D eigenvalue weighted by Crippen LogP contribution is -3.15. The zero-order valence-electron chi connectivity index (χ0n) is 15.6. The van der Waals surface area contributed by atoms with Crippen molar-refractivity contribution in [2.45, 2.75) is 18.6 Å². The van der Waals surface area contributed by atoms with Crippen LogP contribution in [0.3, 0.4) is 0 Å². The molecule has 2 rings (SSSR count). The number of quaternary nitrogens is 1. The molecule has 8 nitrogen and oxygen atoms in total. The van der Waals surface area contributed by atoms with E-state index in [1.807, 2.05) is 30.3 Å². The molecule has 150 valence electrons. The SMILES string of the molecule is COC(=O)CCCNC(=O)C[NH+]1CCN(S(=O)(=O)Cc2ccccc2)CC1. The molecule has 1 amide bonds. The number of carbonyl (C=O) groups is 2. The Hall–Kier alpha value is -1.97. The van der Waals surface area contributed by atoms with Gasteiger partial charge in [-0.1, -0.05) is 30.3 Å². The Morgan fingerprint density at radius 2 is 1.85 bits per heavy atom. The summed E-state index contributed by atoms with van der Waals surface area (Å²) in [5.41, 5.74) is 0.776. The van der Waals surface area contributed by atoms with E-state index in [4.69, 9.17) is 0 Å². The van der Waals surface area contributed by atoms with Crippen LogP contribution in [-0.2, 0) is 30.1 Å². The molecular weight excluding hydrogens is 370 g/mol. The number of benzene rings is 1. The lowest BCUT2D eigenvalue weighted by atomic mass is 10.2. The highest BCUT2D eigenvalue weighted by atomic mass is 32.2. The molecule has 1 saturated heterocycles. The quantitative estimate of drug-likeness (QED) is 0.402. The number of nitrogens with zero attached hydrogens (tertiary/aromatic N) is 1. The van der Waals surface area contributed by atoms with E-state index in [2.05, 4.69) is 10.1 Å². The predicted molar refractivity (Wildman–Crippen MR) is 100 cm³/mol. The number of hydrogen-bond donors (Lipinski definition) is 2. The second-order valence-electron chi connectivity index (χ2n) is 6.60. The first-order valence-corrected chi connectivity index (χ1v) is 10.7. The number of esters is 1. The topological polar surface area (TPSA) is 97.2 Å². The molecule has 1 aliphatic heterocycles. The molecule has 1 aromatic rings. The summed E-state index contributed by atoms with van der Waals surface area (Å²) >= 11 is 0. The summed E-state index contributed by atoms with van der Waals surface area (Å²) in [6.45, 7) is 2.77. The number of amides is 1. The van der Waals surface area contributed by atoms with Gasteiger partial charge in [-0.2, -0.15) is 4.31 Å². The van der Waals surface area contributed by atoms with Gasteiger partial charge in [0, 0.05) is 13.0 Å². The Bertz CT molecular complexity index is 716. The number of piperazine rings is 1. The zero-order chi connectivity index (χ0) is 19.7. The third-order valence-electron chi connectivity index (χ3n) is 4.53. The summed E-state index contributed by atoms with van der Waals surface area (Å²) < 4.78 is 31.1. The minimum absolute atomic E-state index is 0.00382. The number of methoxy groups -OCH3 is 1. The average molecular weight is 399 g/mol. The molecule has 27 heavy (non-hydrogen) atoms. The van der Waals surface area contributed by atoms with E-state index in [0.717, 1.165) is 10.5 Å². The fourth-order valence-electron chi connectivity index (χ4n) is 2.99. The van der Waals surface area contributed by atoms with Crippen LogP contribution in [0, 0.1) is 0 Å². The van der Waals surface area contributed by atoms with Crippen LogP contribution in [-0.4, -0.2) is 71.0 Å². The number of hydrogen-bond acceptors (Lipinski definition) is 5. The van der Waals surface area contributed by atoms with E-state index in [1.54, 1.807) is 0 Å². The Morgan fingerprint density at radius 1 is 1.19 bits per heavy atom. The van der Waals surface area contributed by atoms with Crippen molar-refractivity contribution in [2.24, 2.45) is 0 Å². The van der Waals surface area contributed by atoms with Gasteiger partial charge in [-0.15, -0.1) is 0 Å². The minimum Gasteiger partial charge on any atom is -0.469 e. The highest BCUT2D eigenvalue weighted by molar-refractivity contribution is 7.88. The highest BCUT2D eigenvalue weighted by Crippen LogP contribution is 2.10. The van der Waals surface area contributed by atoms with Crippen LogP contribution in [0.15, 0.2) is 30.3 Å². The Labute approximate surface area is 160 Å². The van der Waals surface area contributed by atoms with E-state index in [9.17, 15) is 18.0 Å². The third kappa shape index (κ3) is 7.28. The normalized spacial score (nSPS) is 16.0. The molecule has 1 heterocycles. The molecule has 0 aromatic heterocycles. The maximum Gasteiger partial charge on any atom is 0.305 e. The van der Waals surface area contributed by atoms with Gasteiger partial charge in [0.25, 0.3) is 5.91 Å². The standard InChI is InChI=1S/C18H27N3O5S/c1-26-18(23)8-5-9-19-17(22)14-20-10-12-21(13-11-20)27(24,25)15-16-6-3-2-4-7-16/h2-4,6-7H,5,8-15H2,1H3,(H,19,22)/p+1. The first-order valence-electron chi connectivity index (χ1n) is 9.09.